The Bertz CT molecular complexity index is 227. The second-order valence-electron chi connectivity index (χ2n) is 4.49. The molecule has 0 aromatic heterocycles. The van der Waals surface area contributed by atoms with Gasteiger partial charge in [-0.25, -0.2) is 0 Å². The largest absolute Gasteiger partial charge is 0.383 e. The predicted octanol–water partition coefficient (Wildman–Crippen LogP) is 0.233. The maximum Gasteiger partial charge on any atom is 0.228 e. The Morgan fingerprint density at radius 3 is 2.87 bits per heavy atom. The van der Waals surface area contributed by atoms with Crippen molar-refractivity contribution in [3.05, 3.63) is 0 Å². The van der Waals surface area contributed by atoms with Gasteiger partial charge in [-0.1, -0.05) is 0 Å². The van der Waals surface area contributed by atoms with Crippen LogP contribution in [0.4, 0.5) is 0 Å². The first kappa shape index (κ1) is 10.9. The molecule has 2 aliphatic rings. The molecule has 1 atom stereocenters. The summed E-state index contributed by atoms with van der Waals surface area (Å²) in [7, 11) is 1.71. The van der Waals surface area contributed by atoms with E-state index in [0.717, 1.165) is 32.5 Å². The molecule has 0 aromatic rings. The fraction of sp³-hybridized carbons (Fsp3) is 0.909. The summed E-state index contributed by atoms with van der Waals surface area (Å²) in [5.41, 5.74) is 0. The molecule has 0 aliphatic carbocycles. The van der Waals surface area contributed by atoms with Crippen LogP contribution in [0, 0.1) is 5.92 Å². The summed E-state index contributed by atoms with van der Waals surface area (Å²) in [6.07, 6.45) is 3.46. The molecule has 0 unspecified atom stereocenters. The Balaban J connectivity index is 1.93. The highest BCUT2D eigenvalue weighted by Gasteiger charge is 2.34. The number of hydrogen-bond donors (Lipinski definition) is 1. The van der Waals surface area contributed by atoms with E-state index in [1.54, 1.807) is 7.11 Å². The highest BCUT2D eigenvalue weighted by Crippen LogP contribution is 2.20. The van der Waals surface area contributed by atoms with Crippen LogP contribution in [0.2, 0.25) is 0 Å². The fourth-order valence-corrected chi connectivity index (χ4v) is 2.35. The van der Waals surface area contributed by atoms with E-state index in [9.17, 15) is 4.79 Å². The zero-order valence-corrected chi connectivity index (χ0v) is 9.37. The van der Waals surface area contributed by atoms with Crippen molar-refractivity contribution in [3.8, 4) is 0 Å². The molecule has 15 heavy (non-hydrogen) atoms. The van der Waals surface area contributed by atoms with Crippen molar-refractivity contribution >= 4 is 5.91 Å². The molecule has 0 spiro atoms. The second-order valence-corrected chi connectivity index (χ2v) is 4.49. The SMILES string of the molecule is COC[C@@H]1CCCCN1C(=O)C1CNC1. The van der Waals surface area contributed by atoms with Gasteiger partial charge in [0, 0.05) is 26.7 Å². The van der Waals surface area contributed by atoms with Crippen molar-refractivity contribution in [3.63, 3.8) is 0 Å². The van der Waals surface area contributed by atoms with Gasteiger partial charge in [0.25, 0.3) is 0 Å². The highest BCUT2D eigenvalue weighted by atomic mass is 16.5. The Kier molecular flexibility index (Phi) is 3.59. The normalized spacial score (nSPS) is 27.5. The Morgan fingerprint density at radius 2 is 2.27 bits per heavy atom. The number of methoxy groups -OCH3 is 1. The average Bonchev–Trinajstić information content (AvgIpc) is 2.16. The minimum atomic E-state index is 0.224. The summed E-state index contributed by atoms with van der Waals surface area (Å²) in [6, 6.07) is 0.317. The van der Waals surface area contributed by atoms with E-state index in [-0.39, 0.29) is 5.92 Å². The van der Waals surface area contributed by atoms with Crippen LogP contribution in [0.5, 0.6) is 0 Å². The first-order valence-electron chi connectivity index (χ1n) is 5.83. The molecule has 4 heteroatoms. The summed E-state index contributed by atoms with van der Waals surface area (Å²) in [5, 5.41) is 3.15. The van der Waals surface area contributed by atoms with Crippen molar-refractivity contribution < 1.29 is 9.53 Å². The van der Waals surface area contributed by atoms with Gasteiger partial charge < -0.3 is 15.0 Å². The molecule has 4 nitrogen and oxygen atoms in total. The average molecular weight is 212 g/mol. The van der Waals surface area contributed by atoms with Crippen molar-refractivity contribution in [1.29, 1.82) is 0 Å². The number of piperidine rings is 1. The summed E-state index contributed by atoms with van der Waals surface area (Å²) in [5.74, 6) is 0.554. The van der Waals surface area contributed by atoms with Gasteiger partial charge in [-0.15, -0.1) is 0 Å². The minimum Gasteiger partial charge on any atom is -0.383 e. The summed E-state index contributed by atoms with van der Waals surface area (Å²) in [4.78, 5) is 14.1. The van der Waals surface area contributed by atoms with E-state index in [0.29, 0.717) is 18.6 Å². The monoisotopic (exact) mass is 212 g/mol. The number of hydrogen-bond acceptors (Lipinski definition) is 3. The van der Waals surface area contributed by atoms with Gasteiger partial charge in [0.15, 0.2) is 0 Å². The van der Waals surface area contributed by atoms with Crippen LogP contribution in [-0.4, -0.2) is 50.2 Å². The molecule has 0 radical (unpaired) electrons. The number of ether oxygens (including phenoxy) is 1. The summed E-state index contributed by atoms with van der Waals surface area (Å²) in [6.45, 7) is 3.32. The minimum absolute atomic E-state index is 0.224. The molecule has 2 rings (SSSR count). The van der Waals surface area contributed by atoms with Crippen LogP contribution >= 0.6 is 0 Å². The molecular formula is C11H20N2O2. The van der Waals surface area contributed by atoms with Gasteiger partial charge in [-0.05, 0) is 19.3 Å². The number of carbonyl (C=O) groups is 1. The van der Waals surface area contributed by atoms with E-state index in [1.165, 1.54) is 6.42 Å². The Morgan fingerprint density at radius 1 is 1.47 bits per heavy atom. The maximum absolute atomic E-state index is 12.1. The number of likely N-dealkylation sites (tertiary alicyclic amines) is 1. The van der Waals surface area contributed by atoms with E-state index >= 15 is 0 Å². The maximum atomic E-state index is 12.1. The molecule has 0 aromatic carbocycles. The van der Waals surface area contributed by atoms with E-state index in [1.807, 2.05) is 4.90 Å². The first-order valence-corrected chi connectivity index (χ1v) is 5.83. The lowest BCUT2D eigenvalue weighted by Gasteiger charge is -2.39. The van der Waals surface area contributed by atoms with E-state index in [2.05, 4.69) is 5.32 Å². The molecule has 2 saturated heterocycles. The molecule has 1 N–H and O–H groups in total. The van der Waals surface area contributed by atoms with Gasteiger partial charge >= 0.3 is 0 Å². The molecule has 2 aliphatic heterocycles. The van der Waals surface area contributed by atoms with Gasteiger partial charge in [0.2, 0.25) is 5.91 Å². The molecule has 2 heterocycles. The van der Waals surface area contributed by atoms with Gasteiger partial charge in [-0.3, -0.25) is 4.79 Å². The first-order chi connectivity index (χ1) is 7.33. The molecule has 0 saturated carbocycles. The Labute approximate surface area is 91.0 Å². The van der Waals surface area contributed by atoms with Gasteiger partial charge in [0.1, 0.15) is 0 Å². The van der Waals surface area contributed by atoms with Crippen LogP contribution in [0.25, 0.3) is 0 Å². The quantitative estimate of drug-likeness (QED) is 0.728. The summed E-state index contributed by atoms with van der Waals surface area (Å²) >= 11 is 0. The summed E-state index contributed by atoms with van der Waals surface area (Å²) < 4.78 is 5.18. The van der Waals surface area contributed by atoms with Crippen LogP contribution in [0.1, 0.15) is 19.3 Å². The molecule has 2 fully saturated rings. The molecule has 1 amide bonds. The fourth-order valence-electron chi connectivity index (χ4n) is 2.35. The lowest BCUT2D eigenvalue weighted by atomic mass is 9.96. The van der Waals surface area contributed by atoms with Crippen molar-refractivity contribution in [1.82, 2.24) is 10.2 Å². The lowest BCUT2D eigenvalue weighted by molar-refractivity contribution is -0.142. The van der Waals surface area contributed by atoms with Gasteiger partial charge in [-0.2, -0.15) is 0 Å². The smallest absolute Gasteiger partial charge is 0.228 e. The molecule has 0 bridgehead atoms. The van der Waals surface area contributed by atoms with Crippen molar-refractivity contribution in [2.24, 2.45) is 5.92 Å². The zero-order valence-electron chi connectivity index (χ0n) is 9.37. The van der Waals surface area contributed by atoms with E-state index in [4.69, 9.17) is 4.74 Å². The third-order valence-electron chi connectivity index (χ3n) is 3.40. The number of amides is 1. The van der Waals surface area contributed by atoms with Crippen LogP contribution in [0.15, 0.2) is 0 Å². The van der Waals surface area contributed by atoms with Crippen molar-refractivity contribution in [2.45, 2.75) is 25.3 Å². The topological polar surface area (TPSA) is 41.6 Å². The lowest BCUT2D eigenvalue weighted by Crippen LogP contribution is -2.56. The van der Waals surface area contributed by atoms with Crippen LogP contribution < -0.4 is 5.32 Å². The number of carbonyl (C=O) groups excluding carboxylic acids is 1. The molecule has 86 valence electrons. The van der Waals surface area contributed by atoms with Crippen LogP contribution in [-0.2, 0) is 9.53 Å². The molecular weight excluding hydrogens is 192 g/mol. The van der Waals surface area contributed by atoms with Gasteiger partial charge in [0.05, 0.1) is 18.6 Å². The van der Waals surface area contributed by atoms with E-state index < -0.39 is 0 Å². The number of nitrogens with one attached hydrogen (secondary N) is 1. The standard InChI is InChI=1S/C11H20N2O2/c1-15-8-10-4-2-3-5-13(10)11(14)9-6-12-7-9/h9-10,12H,2-8H2,1H3/t10-/m0/s1. The second kappa shape index (κ2) is 4.94. The Hall–Kier alpha value is -0.610. The highest BCUT2D eigenvalue weighted by molar-refractivity contribution is 5.80. The third-order valence-corrected chi connectivity index (χ3v) is 3.40. The predicted molar refractivity (Wildman–Crippen MR) is 57.6 cm³/mol. The van der Waals surface area contributed by atoms with Crippen molar-refractivity contribution in [2.75, 3.05) is 33.4 Å². The number of rotatable bonds is 3. The van der Waals surface area contributed by atoms with Crippen LogP contribution in [0.3, 0.4) is 0 Å². The third kappa shape index (κ3) is 2.32. The number of nitrogens with zero attached hydrogens (tertiary/aromatic N) is 1. The zero-order chi connectivity index (χ0) is 10.7.